The Morgan fingerprint density at radius 1 is 1.32 bits per heavy atom. The number of hydrogen-bond acceptors (Lipinski definition) is 4. The summed E-state index contributed by atoms with van der Waals surface area (Å²) in [6, 6.07) is 5.34. The monoisotopic (exact) mass is 301 g/mol. The summed E-state index contributed by atoms with van der Waals surface area (Å²) < 4.78 is 18.0. The number of amides is 1. The molecule has 1 unspecified atom stereocenters. The minimum atomic E-state index is -0.426. The molecule has 0 saturated heterocycles. The second kappa shape index (κ2) is 7.31. The van der Waals surface area contributed by atoms with E-state index in [-0.39, 0.29) is 17.6 Å². The Bertz CT molecular complexity index is 690. The largest absolute Gasteiger partial charge is 0.341 e. The lowest BCUT2D eigenvalue weighted by Gasteiger charge is -2.06. The number of aromatic nitrogens is 2. The number of carbonyl (C=O) groups excluding carboxylic acids is 1. The van der Waals surface area contributed by atoms with Crippen LogP contribution in [-0.2, 0) is 4.79 Å². The zero-order valence-corrected chi connectivity index (χ0v) is 12.3. The maximum Gasteiger partial charge on any atom is 0.249 e. The third-order valence-electron chi connectivity index (χ3n) is 2.82. The molecule has 1 atom stereocenters. The summed E-state index contributed by atoms with van der Waals surface area (Å²) in [6.07, 6.45) is 6.62. The molecular weight excluding hydrogens is 285 g/mol. The van der Waals surface area contributed by atoms with Crippen molar-refractivity contribution in [1.29, 1.82) is 0 Å². The van der Waals surface area contributed by atoms with Gasteiger partial charge in [0.15, 0.2) is 0 Å². The van der Waals surface area contributed by atoms with Gasteiger partial charge in [0.25, 0.3) is 0 Å². The van der Waals surface area contributed by atoms with E-state index >= 15 is 0 Å². The summed E-state index contributed by atoms with van der Waals surface area (Å²) in [5, 5.41) is 6.54. The molecule has 0 saturated carbocycles. The Morgan fingerprint density at radius 2 is 2.05 bits per heavy atom. The van der Waals surface area contributed by atoms with Crippen molar-refractivity contribution in [1.82, 2.24) is 15.5 Å². The Kier molecular flexibility index (Phi) is 5.19. The highest BCUT2D eigenvalue weighted by Gasteiger charge is 2.16. The molecule has 2 aromatic rings. The van der Waals surface area contributed by atoms with Gasteiger partial charge in [-0.1, -0.05) is 23.4 Å². The van der Waals surface area contributed by atoms with Crippen molar-refractivity contribution in [2.75, 3.05) is 0 Å². The SMILES string of the molecule is C/C=C/C=C/C(=O)NC(C)c1nc(-c2ccc(F)cc2)no1. The number of nitrogens with zero attached hydrogens (tertiary/aromatic N) is 2. The standard InChI is InChI=1S/C16H16FN3O2/c1-3-4-5-6-14(21)18-11(2)16-19-15(20-22-16)12-7-9-13(17)10-8-12/h3-11H,1-2H3,(H,18,21)/b4-3+,6-5+. The van der Waals surface area contributed by atoms with Crippen LogP contribution in [0.1, 0.15) is 25.8 Å². The molecule has 1 heterocycles. The lowest BCUT2D eigenvalue weighted by molar-refractivity contribution is -0.117. The van der Waals surface area contributed by atoms with E-state index in [1.54, 1.807) is 31.2 Å². The van der Waals surface area contributed by atoms with Crippen molar-refractivity contribution in [2.45, 2.75) is 19.9 Å². The van der Waals surface area contributed by atoms with Gasteiger partial charge in [0.1, 0.15) is 11.9 Å². The number of carbonyl (C=O) groups is 1. The summed E-state index contributed by atoms with van der Waals surface area (Å²) in [6.45, 7) is 3.60. The van der Waals surface area contributed by atoms with Crippen LogP contribution < -0.4 is 5.32 Å². The van der Waals surface area contributed by atoms with Gasteiger partial charge in [0.2, 0.25) is 17.6 Å². The van der Waals surface area contributed by atoms with E-state index in [0.717, 1.165) is 0 Å². The first-order valence-electron chi connectivity index (χ1n) is 6.79. The molecule has 6 heteroatoms. The van der Waals surface area contributed by atoms with Crippen molar-refractivity contribution in [3.8, 4) is 11.4 Å². The van der Waals surface area contributed by atoms with Gasteiger partial charge in [-0.15, -0.1) is 0 Å². The number of hydrogen-bond donors (Lipinski definition) is 1. The first-order valence-corrected chi connectivity index (χ1v) is 6.79. The number of benzene rings is 1. The fourth-order valence-electron chi connectivity index (χ4n) is 1.70. The van der Waals surface area contributed by atoms with E-state index in [2.05, 4.69) is 15.5 Å². The highest BCUT2D eigenvalue weighted by molar-refractivity contribution is 5.87. The van der Waals surface area contributed by atoms with Gasteiger partial charge in [-0.3, -0.25) is 4.79 Å². The van der Waals surface area contributed by atoms with E-state index in [1.165, 1.54) is 18.2 Å². The third-order valence-corrected chi connectivity index (χ3v) is 2.82. The molecule has 22 heavy (non-hydrogen) atoms. The zero-order chi connectivity index (χ0) is 15.9. The number of nitrogens with one attached hydrogen (secondary N) is 1. The molecule has 1 aromatic carbocycles. The van der Waals surface area contributed by atoms with Crippen molar-refractivity contribution in [2.24, 2.45) is 0 Å². The Hall–Kier alpha value is -2.76. The Balaban J connectivity index is 2.04. The molecule has 0 fully saturated rings. The molecule has 0 aliphatic carbocycles. The molecule has 0 aliphatic rings. The minimum absolute atomic E-state index is 0.257. The van der Waals surface area contributed by atoms with Gasteiger partial charge < -0.3 is 9.84 Å². The predicted octanol–water partition coefficient (Wildman–Crippen LogP) is 3.19. The fraction of sp³-hybridized carbons (Fsp3) is 0.188. The Labute approximate surface area is 127 Å². The normalized spacial score (nSPS) is 12.9. The molecule has 5 nitrogen and oxygen atoms in total. The lowest BCUT2D eigenvalue weighted by atomic mass is 10.2. The molecule has 1 N–H and O–H groups in total. The van der Waals surface area contributed by atoms with Crippen LogP contribution in [0.3, 0.4) is 0 Å². The average molecular weight is 301 g/mol. The highest BCUT2D eigenvalue weighted by atomic mass is 19.1. The minimum Gasteiger partial charge on any atom is -0.341 e. The topological polar surface area (TPSA) is 68.0 Å². The summed E-state index contributed by atoms with van der Waals surface area (Å²) >= 11 is 0. The van der Waals surface area contributed by atoms with Gasteiger partial charge in [0.05, 0.1) is 0 Å². The van der Waals surface area contributed by atoms with Crippen molar-refractivity contribution < 1.29 is 13.7 Å². The summed E-state index contributed by atoms with van der Waals surface area (Å²) in [5.41, 5.74) is 0.642. The fourth-order valence-corrected chi connectivity index (χ4v) is 1.70. The van der Waals surface area contributed by atoms with Gasteiger partial charge in [-0.2, -0.15) is 4.98 Å². The van der Waals surface area contributed by atoms with Crippen LogP contribution in [0.2, 0.25) is 0 Å². The third kappa shape index (κ3) is 4.12. The van der Waals surface area contributed by atoms with Crippen molar-refractivity contribution in [3.05, 3.63) is 60.3 Å². The average Bonchev–Trinajstić information content (AvgIpc) is 2.98. The molecule has 1 amide bonds. The van der Waals surface area contributed by atoms with E-state index in [1.807, 2.05) is 13.0 Å². The maximum atomic E-state index is 12.9. The Morgan fingerprint density at radius 3 is 2.73 bits per heavy atom. The second-order valence-electron chi connectivity index (χ2n) is 4.58. The first kappa shape index (κ1) is 15.6. The summed E-state index contributed by atoms with van der Waals surface area (Å²) in [5.74, 6) is 0.0424. The molecule has 114 valence electrons. The highest BCUT2D eigenvalue weighted by Crippen LogP contribution is 2.18. The molecule has 0 aliphatic heterocycles. The molecule has 1 aromatic heterocycles. The van der Waals surface area contributed by atoms with Crippen LogP contribution in [0, 0.1) is 5.82 Å². The molecule has 0 bridgehead atoms. The van der Waals surface area contributed by atoms with Crippen LogP contribution in [0.25, 0.3) is 11.4 Å². The zero-order valence-electron chi connectivity index (χ0n) is 12.3. The smallest absolute Gasteiger partial charge is 0.249 e. The van der Waals surface area contributed by atoms with Crippen molar-refractivity contribution in [3.63, 3.8) is 0 Å². The van der Waals surface area contributed by atoms with Crippen LogP contribution in [0.5, 0.6) is 0 Å². The van der Waals surface area contributed by atoms with Gasteiger partial charge >= 0.3 is 0 Å². The van der Waals surface area contributed by atoms with E-state index in [0.29, 0.717) is 11.4 Å². The van der Waals surface area contributed by atoms with Crippen molar-refractivity contribution >= 4 is 5.91 Å². The molecule has 0 spiro atoms. The number of rotatable bonds is 5. The first-order chi connectivity index (χ1) is 10.6. The van der Waals surface area contributed by atoms with Gasteiger partial charge in [-0.25, -0.2) is 4.39 Å². The summed E-state index contributed by atoms with van der Waals surface area (Å²) in [7, 11) is 0. The quantitative estimate of drug-likeness (QED) is 0.680. The lowest BCUT2D eigenvalue weighted by Crippen LogP contribution is -2.24. The van der Waals surface area contributed by atoms with Gasteiger partial charge in [0, 0.05) is 11.6 Å². The number of halogens is 1. The van der Waals surface area contributed by atoms with E-state index in [4.69, 9.17) is 4.52 Å². The van der Waals surface area contributed by atoms with E-state index in [9.17, 15) is 9.18 Å². The second-order valence-corrected chi connectivity index (χ2v) is 4.58. The molecule has 0 radical (unpaired) electrons. The molecular formula is C16H16FN3O2. The predicted molar refractivity (Wildman–Crippen MR) is 80.2 cm³/mol. The van der Waals surface area contributed by atoms with Gasteiger partial charge in [-0.05, 0) is 38.1 Å². The van der Waals surface area contributed by atoms with Crippen LogP contribution in [0.4, 0.5) is 4.39 Å². The van der Waals surface area contributed by atoms with Crippen LogP contribution >= 0.6 is 0 Å². The van der Waals surface area contributed by atoms with E-state index < -0.39 is 6.04 Å². The van der Waals surface area contributed by atoms with Crippen LogP contribution in [0.15, 0.2) is 53.1 Å². The van der Waals surface area contributed by atoms with Crippen LogP contribution in [-0.4, -0.2) is 16.0 Å². The maximum absolute atomic E-state index is 12.9. The summed E-state index contributed by atoms with van der Waals surface area (Å²) in [4.78, 5) is 15.9. The molecule has 2 rings (SSSR count). The number of allylic oxidation sites excluding steroid dienone is 3.